The molecule has 8 heteroatoms. The van der Waals surface area contributed by atoms with Gasteiger partial charge >= 0.3 is 7.60 Å². The molecule has 0 rings (SSSR count). The molecule has 0 aromatic heterocycles. The van der Waals surface area contributed by atoms with E-state index in [2.05, 4.69) is 9.05 Å². The van der Waals surface area contributed by atoms with Gasteiger partial charge in [0, 0.05) is 14.2 Å². The third-order valence-electron chi connectivity index (χ3n) is 1.15. The van der Waals surface area contributed by atoms with E-state index in [-0.39, 0.29) is 0 Å². The van der Waals surface area contributed by atoms with E-state index in [0.29, 0.717) is 0 Å². The quantitative estimate of drug-likeness (QED) is 0.676. The average molecular weight is 226 g/mol. The Morgan fingerprint density at radius 2 is 1.67 bits per heavy atom. The first-order chi connectivity index (χ1) is 5.33. The Labute approximate surface area is 71.0 Å². The molecule has 0 aliphatic rings. The van der Waals surface area contributed by atoms with Gasteiger partial charge in [-0.05, 0) is 0 Å². The van der Waals surface area contributed by atoms with Gasteiger partial charge in [0.2, 0.25) is 11.2 Å². The third-order valence-corrected chi connectivity index (χ3v) is 4.01. The number of hydrogen-bond donors (Lipinski definition) is 0. The van der Waals surface area contributed by atoms with Crippen molar-refractivity contribution in [3.63, 3.8) is 0 Å². The number of hydrogen-bond acceptors (Lipinski definition) is 3. The second kappa shape index (κ2) is 4.50. The van der Waals surface area contributed by atoms with Gasteiger partial charge in [0.25, 0.3) is 0 Å². The Hall–Kier alpha value is 0.290. The summed E-state index contributed by atoms with van der Waals surface area (Å²) < 4.78 is 54.9. The molecule has 0 spiro atoms. The van der Waals surface area contributed by atoms with E-state index in [0.717, 1.165) is 14.2 Å². The first-order valence-electron chi connectivity index (χ1n) is 2.93. The Kier molecular flexibility index (Phi) is 4.61. The van der Waals surface area contributed by atoms with Gasteiger partial charge in [-0.2, -0.15) is 0 Å². The monoisotopic (exact) mass is 226 g/mol. The first kappa shape index (κ1) is 12.3. The average Bonchev–Trinajstić information content (AvgIpc) is 1.99. The van der Waals surface area contributed by atoms with E-state index in [1.165, 1.54) is 0 Å². The summed E-state index contributed by atoms with van der Waals surface area (Å²) in [5.41, 5.74) is 0. The fourth-order valence-corrected chi connectivity index (χ4v) is 2.71. The van der Waals surface area contributed by atoms with Gasteiger partial charge in [-0.15, -0.1) is 11.7 Å². The Morgan fingerprint density at radius 3 is 1.92 bits per heavy atom. The van der Waals surface area contributed by atoms with Crippen LogP contribution in [-0.2, 0) is 13.6 Å². The van der Waals surface area contributed by atoms with Crippen molar-refractivity contribution in [2.45, 2.75) is 0 Å². The minimum Gasteiger partial charge on any atom is -0.312 e. The molecule has 0 amide bonds. The molecule has 0 aromatic carbocycles. The Bertz CT molecular complexity index is 175. The summed E-state index contributed by atoms with van der Waals surface area (Å²) in [6, 6.07) is 0. The van der Waals surface area contributed by atoms with E-state index in [4.69, 9.17) is 0 Å². The van der Waals surface area contributed by atoms with Crippen molar-refractivity contribution in [2.24, 2.45) is 0 Å². The molecule has 0 fully saturated rings. The van der Waals surface area contributed by atoms with Crippen LogP contribution in [0.1, 0.15) is 0 Å². The number of rotatable bonds is 5. The van der Waals surface area contributed by atoms with E-state index >= 15 is 0 Å². The summed E-state index contributed by atoms with van der Waals surface area (Å²) >= 11 is -5.11. The zero-order chi connectivity index (χ0) is 9.83. The molecular weight excluding hydrogens is 216 g/mol. The molecule has 0 aliphatic heterocycles. The molecule has 0 aromatic rings. The Balaban J connectivity index is 3.99. The lowest BCUT2D eigenvalue weighted by Gasteiger charge is -2.15. The normalized spacial score (nSPS) is 14.8. The lowest BCUT2D eigenvalue weighted by atomic mass is 11.0. The van der Waals surface area contributed by atoms with Crippen LogP contribution in [0.15, 0.2) is 0 Å². The highest BCUT2D eigenvalue weighted by molar-refractivity contribution is 8.21. The molecule has 12 heavy (non-hydrogen) atoms. The van der Waals surface area contributed by atoms with Crippen LogP contribution in [0.5, 0.6) is 0 Å². The third kappa shape index (κ3) is 5.03. The fraction of sp³-hybridized carbons (Fsp3) is 1.00. The molecule has 3 nitrogen and oxygen atoms in total. The van der Waals surface area contributed by atoms with Gasteiger partial charge in [-0.1, -0.05) is 0 Å². The maximum absolute atomic E-state index is 11.7. The highest BCUT2D eigenvalue weighted by atomic mass is 32.3. The van der Waals surface area contributed by atoms with Crippen LogP contribution in [-0.4, -0.2) is 26.1 Å². The largest absolute Gasteiger partial charge is 0.331 e. The van der Waals surface area contributed by atoms with Crippen LogP contribution in [0, 0.1) is 0 Å². The van der Waals surface area contributed by atoms with Gasteiger partial charge in [-0.3, -0.25) is 4.57 Å². The minimum atomic E-state index is -5.11. The van der Waals surface area contributed by atoms with E-state index in [9.17, 15) is 16.2 Å². The lowest BCUT2D eigenvalue weighted by Crippen LogP contribution is -2.00. The van der Waals surface area contributed by atoms with Crippen LogP contribution in [0.2, 0.25) is 0 Å². The molecule has 0 atom stereocenters. The first-order valence-corrected chi connectivity index (χ1v) is 6.16. The van der Waals surface area contributed by atoms with Gasteiger partial charge in [-0.25, -0.2) is 0 Å². The van der Waals surface area contributed by atoms with E-state index < -0.39 is 30.7 Å². The zero-order valence-corrected chi connectivity index (χ0v) is 8.34. The summed E-state index contributed by atoms with van der Waals surface area (Å²) in [7, 11) is -1.35. The van der Waals surface area contributed by atoms with E-state index in [1.54, 1.807) is 0 Å². The number of halogens is 3. The summed E-state index contributed by atoms with van der Waals surface area (Å²) in [5.74, 6) is -1.08. The summed E-state index contributed by atoms with van der Waals surface area (Å²) in [6.07, 6.45) is -0.598. The van der Waals surface area contributed by atoms with Crippen LogP contribution in [0.4, 0.5) is 11.7 Å². The highest BCUT2D eigenvalue weighted by Gasteiger charge is 2.29. The molecule has 0 saturated carbocycles. The highest BCUT2D eigenvalue weighted by Crippen LogP contribution is 2.57. The standard InChI is InChI=1S/C4H10F3O3PS/c1-9-11(8,10-2)3-4-12(5,6)7/h3-4H2,1-2H3. The smallest absolute Gasteiger partial charge is 0.312 e. The molecule has 0 heterocycles. The van der Waals surface area contributed by atoms with Crippen molar-refractivity contribution in [3.8, 4) is 0 Å². The predicted molar refractivity (Wildman–Crippen MR) is 42.3 cm³/mol. The molecule has 0 N–H and O–H groups in total. The van der Waals surface area contributed by atoms with E-state index in [1.807, 2.05) is 0 Å². The van der Waals surface area contributed by atoms with Crippen molar-refractivity contribution in [1.82, 2.24) is 0 Å². The Morgan fingerprint density at radius 1 is 1.25 bits per heavy atom. The van der Waals surface area contributed by atoms with Crippen LogP contribution in [0.3, 0.4) is 0 Å². The zero-order valence-electron chi connectivity index (χ0n) is 6.63. The maximum atomic E-state index is 11.7. The second-order valence-corrected chi connectivity index (χ2v) is 5.72. The minimum absolute atomic E-state index is 0.598. The van der Waals surface area contributed by atoms with Crippen molar-refractivity contribution >= 4 is 18.8 Å². The molecule has 0 saturated heterocycles. The molecular formula is C4H10F3O3PS. The topological polar surface area (TPSA) is 35.5 Å². The van der Waals surface area contributed by atoms with Crippen molar-refractivity contribution < 1.29 is 25.3 Å². The molecule has 0 aliphatic carbocycles. The molecule has 0 radical (unpaired) electrons. The van der Waals surface area contributed by atoms with Crippen LogP contribution in [0.25, 0.3) is 0 Å². The van der Waals surface area contributed by atoms with Gasteiger partial charge < -0.3 is 9.05 Å². The van der Waals surface area contributed by atoms with Crippen LogP contribution < -0.4 is 0 Å². The van der Waals surface area contributed by atoms with Crippen LogP contribution >= 0.6 is 18.8 Å². The molecule has 0 bridgehead atoms. The molecule has 76 valence electrons. The van der Waals surface area contributed by atoms with Gasteiger partial charge in [0.05, 0.1) is 11.9 Å². The summed E-state index contributed by atoms with van der Waals surface area (Å²) in [5, 5.41) is 0. The summed E-state index contributed by atoms with van der Waals surface area (Å²) in [6.45, 7) is 0. The molecule has 0 unspecified atom stereocenters. The van der Waals surface area contributed by atoms with Gasteiger partial charge in [0.1, 0.15) is 0 Å². The SMILES string of the molecule is COP(=O)(CCS(F)(F)F)OC. The van der Waals surface area contributed by atoms with Gasteiger partial charge in [0.15, 0.2) is 0 Å². The predicted octanol–water partition coefficient (Wildman–Crippen LogP) is 2.93. The fourth-order valence-electron chi connectivity index (χ4n) is 0.472. The van der Waals surface area contributed by atoms with Crippen molar-refractivity contribution in [3.05, 3.63) is 0 Å². The lowest BCUT2D eigenvalue weighted by molar-refractivity contribution is 0.277. The summed E-state index contributed by atoms with van der Waals surface area (Å²) in [4.78, 5) is 0. The second-order valence-electron chi connectivity index (χ2n) is 1.91. The van der Waals surface area contributed by atoms with Crippen molar-refractivity contribution in [1.29, 1.82) is 0 Å². The van der Waals surface area contributed by atoms with Crippen molar-refractivity contribution in [2.75, 3.05) is 26.1 Å². The maximum Gasteiger partial charge on any atom is 0.331 e.